The lowest BCUT2D eigenvalue weighted by atomic mass is 10.1. The molecule has 138 valence electrons. The van der Waals surface area contributed by atoms with Crippen LogP contribution in [0.3, 0.4) is 0 Å². The molecule has 27 heavy (non-hydrogen) atoms. The first-order valence-corrected chi connectivity index (χ1v) is 8.53. The van der Waals surface area contributed by atoms with Crippen molar-refractivity contribution in [2.45, 2.75) is 13.8 Å². The first-order valence-electron chi connectivity index (χ1n) is 8.15. The van der Waals surface area contributed by atoms with Crippen LogP contribution in [0.1, 0.15) is 21.5 Å². The molecule has 1 aromatic heterocycles. The minimum atomic E-state index is -0.411. The zero-order valence-electron chi connectivity index (χ0n) is 15.1. The second-order valence-electron chi connectivity index (χ2n) is 5.93. The molecular weight excluding hydrogens is 366 g/mol. The Hall–Kier alpha value is -3.19. The van der Waals surface area contributed by atoms with Crippen LogP contribution in [0.15, 0.2) is 42.6 Å². The van der Waals surface area contributed by atoms with Gasteiger partial charge in [-0.15, -0.1) is 5.10 Å². The summed E-state index contributed by atoms with van der Waals surface area (Å²) in [6.07, 6.45) is 1.49. The number of aromatic nitrogens is 3. The summed E-state index contributed by atoms with van der Waals surface area (Å²) < 4.78 is 4.73. The maximum atomic E-state index is 11.7. The number of carbonyl (C=O) groups excluding carboxylic acids is 1. The van der Waals surface area contributed by atoms with E-state index in [4.69, 9.17) is 16.3 Å². The highest BCUT2D eigenvalue weighted by molar-refractivity contribution is 6.33. The number of hydrogen-bond acceptors (Lipinski definition) is 7. The van der Waals surface area contributed by atoms with Crippen LogP contribution in [-0.4, -0.2) is 28.3 Å². The summed E-state index contributed by atoms with van der Waals surface area (Å²) in [4.78, 5) is 16.0. The van der Waals surface area contributed by atoms with Crippen LogP contribution < -0.4 is 10.6 Å². The number of carbonyl (C=O) groups is 1. The van der Waals surface area contributed by atoms with Crippen LogP contribution in [0.5, 0.6) is 0 Å². The zero-order valence-corrected chi connectivity index (χ0v) is 15.8. The van der Waals surface area contributed by atoms with Crippen molar-refractivity contribution in [1.29, 1.82) is 0 Å². The first kappa shape index (κ1) is 18.6. The molecule has 0 saturated heterocycles. The lowest BCUT2D eigenvalue weighted by Gasteiger charge is -2.12. The van der Waals surface area contributed by atoms with Crippen molar-refractivity contribution in [2.24, 2.45) is 0 Å². The van der Waals surface area contributed by atoms with Gasteiger partial charge in [0.2, 0.25) is 5.95 Å². The van der Waals surface area contributed by atoms with Crippen LogP contribution in [-0.2, 0) is 4.74 Å². The number of ether oxygens (including phenoxy) is 1. The Morgan fingerprint density at radius 3 is 2.70 bits per heavy atom. The number of hydrogen-bond donors (Lipinski definition) is 2. The van der Waals surface area contributed by atoms with Gasteiger partial charge in [0.05, 0.1) is 29.6 Å². The normalized spacial score (nSPS) is 10.4. The topological polar surface area (TPSA) is 89.0 Å². The Balaban J connectivity index is 1.82. The van der Waals surface area contributed by atoms with E-state index in [0.29, 0.717) is 28.0 Å². The first-order chi connectivity index (χ1) is 13.0. The minimum absolute atomic E-state index is 0.304. The SMILES string of the molecule is COC(=O)c1cccc(Nc2cnnc(Nc3c(C)cc(C)cc3Cl)n2)c1. The highest BCUT2D eigenvalue weighted by Gasteiger charge is 2.10. The highest BCUT2D eigenvalue weighted by atomic mass is 35.5. The number of nitrogens with zero attached hydrogens (tertiary/aromatic N) is 3. The van der Waals surface area contributed by atoms with E-state index in [1.165, 1.54) is 13.3 Å². The van der Waals surface area contributed by atoms with E-state index in [0.717, 1.165) is 16.8 Å². The molecule has 2 N–H and O–H groups in total. The molecule has 0 unspecified atom stereocenters. The van der Waals surface area contributed by atoms with E-state index < -0.39 is 5.97 Å². The third-order valence-corrected chi connectivity index (χ3v) is 4.08. The number of benzene rings is 2. The smallest absolute Gasteiger partial charge is 0.337 e. The van der Waals surface area contributed by atoms with Crippen LogP contribution in [0, 0.1) is 13.8 Å². The summed E-state index contributed by atoms with van der Waals surface area (Å²) in [6.45, 7) is 3.93. The molecule has 0 fully saturated rings. The molecule has 7 nitrogen and oxygen atoms in total. The third-order valence-electron chi connectivity index (χ3n) is 3.78. The van der Waals surface area contributed by atoms with E-state index in [9.17, 15) is 4.79 Å². The Bertz CT molecular complexity index is 970. The zero-order chi connectivity index (χ0) is 19.4. The molecule has 0 aliphatic carbocycles. The maximum Gasteiger partial charge on any atom is 0.337 e. The second-order valence-corrected chi connectivity index (χ2v) is 6.33. The van der Waals surface area contributed by atoms with E-state index in [1.807, 2.05) is 32.0 Å². The van der Waals surface area contributed by atoms with Gasteiger partial charge in [-0.1, -0.05) is 23.7 Å². The number of rotatable bonds is 5. The van der Waals surface area contributed by atoms with Crippen LogP contribution in [0.2, 0.25) is 5.02 Å². The van der Waals surface area contributed by atoms with Gasteiger partial charge in [0.15, 0.2) is 5.82 Å². The summed E-state index contributed by atoms with van der Waals surface area (Å²) in [6, 6.07) is 10.8. The number of esters is 1. The maximum absolute atomic E-state index is 11.7. The number of anilines is 4. The molecule has 0 saturated carbocycles. The van der Waals surface area contributed by atoms with Gasteiger partial charge in [0, 0.05) is 5.69 Å². The average Bonchev–Trinajstić information content (AvgIpc) is 2.64. The number of methoxy groups -OCH3 is 1. The van der Waals surface area contributed by atoms with Crippen LogP contribution >= 0.6 is 11.6 Å². The summed E-state index contributed by atoms with van der Waals surface area (Å²) in [5, 5.41) is 14.7. The Kier molecular flexibility index (Phi) is 5.52. The fourth-order valence-corrected chi connectivity index (χ4v) is 2.96. The fourth-order valence-electron chi connectivity index (χ4n) is 2.59. The predicted molar refractivity (Wildman–Crippen MR) is 105 cm³/mol. The van der Waals surface area contributed by atoms with Crippen molar-refractivity contribution in [1.82, 2.24) is 15.2 Å². The summed E-state index contributed by atoms with van der Waals surface area (Å²) >= 11 is 6.32. The van der Waals surface area contributed by atoms with Gasteiger partial charge in [0.25, 0.3) is 0 Å². The van der Waals surface area contributed by atoms with Crippen molar-refractivity contribution < 1.29 is 9.53 Å². The molecule has 0 aliphatic rings. The van der Waals surface area contributed by atoms with E-state index in [1.54, 1.807) is 18.2 Å². The molecule has 1 heterocycles. The monoisotopic (exact) mass is 383 g/mol. The molecule has 2 aromatic carbocycles. The van der Waals surface area contributed by atoms with Crippen LogP contribution in [0.25, 0.3) is 0 Å². The van der Waals surface area contributed by atoms with Gasteiger partial charge in [-0.05, 0) is 49.2 Å². The number of nitrogens with one attached hydrogen (secondary N) is 2. The van der Waals surface area contributed by atoms with Crippen molar-refractivity contribution in [3.05, 3.63) is 64.3 Å². The lowest BCUT2D eigenvalue weighted by Crippen LogP contribution is -2.05. The minimum Gasteiger partial charge on any atom is -0.465 e. The number of halogens is 1. The molecule has 0 spiro atoms. The van der Waals surface area contributed by atoms with Gasteiger partial charge >= 0.3 is 5.97 Å². The van der Waals surface area contributed by atoms with E-state index in [-0.39, 0.29) is 0 Å². The molecule has 0 aliphatic heterocycles. The predicted octanol–water partition coefficient (Wildman–Crippen LogP) is 4.42. The third kappa shape index (κ3) is 4.51. The van der Waals surface area contributed by atoms with E-state index in [2.05, 4.69) is 25.8 Å². The van der Waals surface area contributed by atoms with Gasteiger partial charge in [-0.2, -0.15) is 10.1 Å². The molecule has 0 bridgehead atoms. The van der Waals surface area contributed by atoms with Gasteiger partial charge in [-0.25, -0.2) is 4.79 Å². The molecular formula is C19H18ClN5O2. The molecule has 8 heteroatoms. The average molecular weight is 384 g/mol. The van der Waals surface area contributed by atoms with Crippen molar-refractivity contribution in [3.63, 3.8) is 0 Å². The van der Waals surface area contributed by atoms with Crippen molar-refractivity contribution in [2.75, 3.05) is 17.7 Å². The quantitative estimate of drug-likeness (QED) is 0.630. The Morgan fingerprint density at radius 2 is 1.96 bits per heavy atom. The number of aryl methyl sites for hydroxylation is 2. The van der Waals surface area contributed by atoms with Gasteiger partial charge < -0.3 is 15.4 Å². The largest absolute Gasteiger partial charge is 0.465 e. The molecule has 0 radical (unpaired) electrons. The summed E-state index contributed by atoms with van der Waals surface area (Å²) in [7, 11) is 1.34. The highest BCUT2D eigenvalue weighted by Crippen LogP contribution is 2.29. The van der Waals surface area contributed by atoms with Crippen LogP contribution in [0.4, 0.5) is 23.1 Å². The van der Waals surface area contributed by atoms with E-state index >= 15 is 0 Å². The van der Waals surface area contributed by atoms with Crippen molar-refractivity contribution in [3.8, 4) is 0 Å². The molecule has 3 rings (SSSR count). The summed E-state index contributed by atoms with van der Waals surface area (Å²) in [5.74, 6) is 0.361. The molecule has 0 amide bonds. The van der Waals surface area contributed by atoms with Gasteiger partial charge in [-0.3, -0.25) is 0 Å². The summed E-state index contributed by atoms with van der Waals surface area (Å²) in [5.41, 5.74) is 3.89. The molecule has 0 atom stereocenters. The second kappa shape index (κ2) is 8.01. The van der Waals surface area contributed by atoms with Gasteiger partial charge in [0.1, 0.15) is 0 Å². The fraction of sp³-hybridized carbons (Fsp3) is 0.158. The lowest BCUT2D eigenvalue weighted by molar-refractivity contribution is 0.0601. The molecule has 3 aromatic rings. The standard InChI is InChI=1S/C19H18ClN5O2/c1-11-7-12(2)17(15(20)8-11)24-19-23-16(10-21-25-19)22-14-6-4-5-13(9-14)18(26)27-3/h4-10H,1-3H3,(H2,22,23,24,25). The Labute approximate surface area is 161 Å². The Morgan fingerprint density at radius 1 is 1.15 bits per heavy atom. The van der Waals surface area contributed by atoms with Crippen molar-refractivity contribution >= 4 is 40.7 Å².